The Kier molecular flexibility index (Phi) is 5.38. The highest BCUT2D eigenvalue weighted by atomic mass is 35.5. The van der Waals surface area contributed by atoms with Gasteiger partial charge < -0.3 is 5.73 Å². The third kappa shape index (κ3) is 3.57. The fourth-order valence-corrected chi connectivity index (χ4v) is 4.85. The summed E-state index contributed by atoms with van der Waals surface area (Å²) in [5, 5.41) is 10.9. The molecule has 0 amide bonds. The molecule has 1 saturated carbocycles. The monoisotopic (exact) mass is 347 g/mol. The van der Waals surface area contributed by atoms with Gasteiger partial charge in [0.25, 0.3) is 5.69 Å². The topological polar surface area (TPSA) is 115 Å². The number of hydrogen-bond acceptors (Lipinski definition) is 5. The molecule has 2 unspecified atom stereocenters. The predicted molar refractivity (Wildman–Crippen MR) is 83.2 cm³/mol. The molecule has 1 aliphatic rings. The van der Waals surface area contributed by atoms with E-state index < -0.39 is 25.5 Å². The minimum atomic E-state index is -4.09. The van der Waals surface area contributed by atoms with Crippen molar-refractivity contribution in [2.24, 2.45) is 11.7 Å². The number of hydrogen-bond donors (Lipinski definition) is 2. The molecule has 0 bridgehead atoms. The summed E-state index contributed by atoms with van der Waals surface area (Å²) in [5.41, 5.74) is 5.16. The van der Waals surface area contributed by atoms with Crippen LogP contribution in [0.3, 0.4) is 0 Å². The quantitative estimate of drug-likeness (QED) is 0.624. The number of nitrogens with one attached hydrogen (secondary N) is 1. The lowest BCUT2D eigenvalue weighted by Gasteiger charge is -2.31. The molecule has 9 heteroatoms. The summed E-state index contributed by atoms with van der Waals surface area (Å²) >= 11 is 5.90. The summed E-state index contributed by atoms with van der Waals surface area (Å²) in [5.74, 6) is 0.0325. The first-order valence-electron chi connectivity index (χ1n) is 7.02. The zero-order valence-corrected chi connectivity index (χ0v) is 13.4. The highest BCUT2D eigenvalue weighted by Gasteiger charge is 2.33. The van der Waals surface area contributed by atoms with Crippen LogP contribution in [0.4, 0.5) is 5.69 Å². The molecule has 1 aliphatic carbocycles. The van der Waals surface area contributed by atoms with Crippen molar-refractivity contribution in [1.29, 1.82) is 0 Å². The van der Waals surface area contributed by atoms with Crippen molar-refractivity contribution in [3.8, 4) is 0 Å². The summed E-state index contributed by atoms with van der Waals surface area (Å²) < 4.78 is 27.7. The summed E-state index contributed by atoms with van der Waals surface area (Å²) in [4.78, 5) is 9.84. The Morgan fingerprint density at radius 1 is 1.36 bits per heavy atom. The third-order valence-electron chi connectivity index (χ3n) is 3.93. The van der Waals surface area contributed by atoms with Crippen molar-refractivity contribution in [2.45, 2.75) is 36.6 Å². The van der Waals surface area contributed by atoms with E-state index in [9.17, 15) is 18.5 Å². The Hall–Kier alpha value is -1.22. The predicted octanol–water partition coefficient (Wildman–Crippen LogP) is 2.04. The lowest BCUT2D eigenvalue weighted by atomic mass is 9.85. The van der Waals surface area contributed by atoms with Gasteiger partial charge in [0.2, 0.25) is 10.0 Å². The molecule has 0 saturated heterocycles. The highest BCUT2D eigenvalue weighted by molar-refractivity contribution is 7.89. The molecule has 0 radical (unpaired) electrons. The largest absolute Gasteiger partial charge is 0.330 e. The van der Waals surface area contributed by atoms with E-state index in [0.717, 1.165) is 25.3 Å². The molecule has 122 valence electrons. The first-order chi connectivity index (χ1) is 10.4. The van der Waals surface area contributed by atoms with E-state index in [0.29, 0.717) is 13.0 Å². The van der Waals surface area contributed by atoms with Crippen LogP contribution in [0.15, 0.2) is 23.1 Å². The second-order valence-electron chi connectivity index (χ2n) is 5.35. The first kappa shape index (κ1) is 17.1. The van der Waals surface area contributed by atoms with Crippen LogP contribution in [0.5, 0.6) is 0 Å². The lowest BCUT2D eigenvalue weighted by molar-refractivity contribution is -0.387. The number of rotatable bonds is 5. The highest BCUT2D eigenvalue weighted by Crippen LogP contribution is 2.32. The van der Waals surface area contributed by atoms with Crippen LogP contribution in [-0.2, 0) is 10.0 Å². The zero-order valence-electron chi connectivity index (χ0n) is 11.9. The number of nitrogens with two attached hydrogens (primary N) is 1. The van der Waals surface area contributed by atoms with E-state index in [1.807, 2.05) is 0 Å². The summed E-state index contributed by atoms with van der Waals surface area (Å²) in [6.45, 7) is 0.373. The van der Waals surface area contributed by atoms with Gasteiger partial charge in [-0.3, -0.25) is 10.1 Å². The summed E-state index contributed by atoms with van der Waals surface area (Å²) in [7, 11) is -4.09. The lowest BCUT2D eigenvalue weighted by Crippen LogP contribution is -2.44. The second-order valence-corrected chi connectivity index (χ2v) is 7.41. The summed E-state index contributed by atoms with van der Waals surface area (Å²) in [6.07, 6.45) is 3.41. The van der Waals surface area contributed by atoms with E-state index in [4.69, 9.17) is 17.3 Å². The van der Waals surface area contributed by atoms with Crippen molar-refractivity contribution >= 4 is 27.3 Å². The molecule has 2 rings (SSSR count). The van der Waals surface area contributed by atoms with Crippen molar-refractivity contribution in [1.82, 2.24) is 4.72 Å². The standard InChI is InChI=1S/C13H18ClN3O4S/c14-10-5-3-7-12(17(18)19)13(10)22(20,21)16-11-6-2-1-4-9(11)8-15/h3,5,7,9,11,16H,1-2,4,6,8,15H2. The first-order valence-corrected chi connectivity index (χ1v) is 8.88. The minimum absolute atomic E-state index is 0.0325. The molecule has 0 aromatic heterocycles. The molecule has 1 aromatic rings. The number of nitro groups is 1. The number of nitro benzene ring substituents is 1. The Balaban J connectivity index is 2.37. The third-order valence-corrected chi connectivity index (χ3v) is 5.94. The normalized spacial score (nSPS) is 22.5. The van der Waals surface area contributed by atoms with Gasteiger partial charge in [-0.05, 0) is 31.4 Å². The minimum Gasteiger partial charge on any atom is -0.330 e. The fourth-order valence-electron chi connectivity index (χ4n) is 2.81. The van der Waals surface area contributed by atoms with Gasteiger partial charge in [-0.1, -0.05) is 30.5 Å². The van der Waals surface area contributed by atoms with Crippen LogP contribution < -0.4 is 10.5 Å². The van der Waals surface area contributed by atoms with Gasteiger partial charge in [0.1, 0.15) is 0 Å². The molecule has 3 N–H and O–H groups in total. The maximum atomic E-state index is 12.6. The molecular weight excluding hydrogens is 330 g/mol. The molecule has 22 heavy (non-hydrogen) atoms. The van der Waals surface area contributed by atoms with E-state index in [-0.39, 0.29) is 17.0 Å². The fraction of sp³-hybridized carbons (Fsp3) is 0.538. The smallest absolute Gasteiger partial charge is 0.290 e. The van der Waals surface area contributed by atoms with E-state index in [1.165, 1.54) is 12.1 Å². The van der Waals surface area contributed by atoms with Crippen LogP contribution >= 0.6 is 11.6 Å². The molecular formula is C13H18ClN3O4S. The van der Waals surface area contributed by atoms with Crippen LogP contribution in [0.2, 0.25) is 5.02 Å². The average Bonchev–Trinajstić information content (AvgIpc) is 2.46. The zero-order chi connectivity index (χ0) is 16.3. The van der Waals surface area contributed by atoms with Crippen molar-refractivity contribution in [2.75, 3.05) is 6.54 Å². The number of nitrogens with zero attached hydrogens (tertiary/aromatic N) is 1. The number of sulfonamides is 1. The maximum absolute atomic E-state index is 12.6. The Bertz CT molecular complexity index is 665. The van der Waals surface area contributed by atoms with Gasteiger partial charge in [-0.2, -0.15) is 0 Å². The van der Waals surface area contributed by atoms with Gasteiger partial charge in [-0.15, -0.1) is 0 Å². The van der Waals surface area contributed by atoms with Crippen molar-refractivity contribution < 1.29 is 13.3 Å². The molecule has 2 atom stereocenters. The number of halogens is 1. The molecule has 0 aliphatic heterocycles. The molecule has 1 fully saturated rings. The van der Waals surface area contributed by atoms with Crippen LogP contribution in [0.25, 0.3) is 0 Å². The molecule has 1 aromatic carbocycles. The SMILES string of the molecule is NCC1CCCCC1NS(=O)(=O)c1c(Cl)cccc1[N+](=O)[O-]. The van der Waals surface area contributed by atoms with Crippen LogP contribution in [-0.4, -0.2) is 25.9 Å². The Labute approximate surface area is 134 Å². The van der Waals surface area contributed by atoms with Gasteiger partial charge in [-0.25, -0.2) is 13.1 Å². The molecule has 7 nitrogen and oxygen atoms in total. The maximum Gasteiger partial charge on any atom is 0.290 e. The Morgan fingerprint density at radius 3 is 2.68 bits per heavy atom. The van der Waals surface area contributed by atoms with Crippen molar-refractivity contribution in [3.63, 3.8) is 0 Å². The molecule has 0 heterocycles. The summed E-state index contributed by atoms with van der Waals surface area (Å²) in [6, 6.07) is 3.48. The van der Waals surface area contributed by atoms with Gasteiger partial charge in [0.15, 0.2) is 4.90 Å². The molecule has 0 spiro atoms. The van der Waals surface area contributed by atoms with Crippen LogP contribution in [0.1, 0.15) is 25.7 Å². The Morgan fingerprint density at radius 2 is 2.05 bits per heavy atom. The van der Waals surface area contributed by atoms with E-state index >= 15 is 0 Å². The van der Waals surface area contributed by atoms with Crippen LogP contribution in [0, 0.1) is 16.0 Å². The van der Waals surface area contributed by atoms with Gasteiger partial charge in [0.05, 0.1) is 9.95 Å². The second kappa shape index (κ2) is 6.91. The van der Waals surface area contributed by atoms with Gasteiger partial charge >= 0.3 is 0 Å². The average molecular weight is 348 g/mol. The number of benzene rings is 1. The van der Waals surface area contributed by atoms with E-state index in [2.05, 4.69) is 4.72 Å². The van der Waals surface area contributed by atoms with E-state index in [1.54, 1.807) is 0 Å². The van der Waals surface area contributed by atoms with Gasteiger partial charge in [0, 0.05) is 12.1 Å². The van der Waals surface area contributed by atoms with Crippen molar-refractivity contribution in [3.05, 3.63) is 33.3 Å².